The third-order valence-electron chi connectivity index (χ3n) is 3.93. The summed E-state index contributed by atoms with van der Waals surface area (Å²) >= 11 is 0. The Morgan fingerprint density at radius 1 is 0.889 bits per heavy atom. The van der Waals surface area contributed by atoms with E-state index >= 15 is 0 Å². The summed E-state index contributed by atoms with van der Waals surface area (Å²) < 4.78 is 5.06. The number of aryl methyl sites for hydroxylation is 1. The Kier molecular flexibility index (Phi) is 5.03. The normalized spacial score (nSPS) is 10.3. The Morgan fingerprint density at radius 2 is 1.63 bits per heavy atom. The van der Waals surface area contributed by atoms with Gasteiger partial charge in [-0.3, -0.25) is 14.4 Å². The molecule has 1 aromatic heterocycles. The zero-order valence-corrected chi connectivity index (χ0v) is 14.5. The lowest BCUT2D eigenvalue weighted by Crippen LogP contribution is -2.18. The average molecular weight is 363 g/mol. The van der Waals surface area contributed by atoms with E-state index in [1.165, 1.54) is 12.3 Å². The number of carbonyl (C=O) groups excluding carboxylic acids is 3. The summed E-state index contributed by atoms with van der Waals surface area (Å²) in [6.07, 6.45) is 1.40. The molecule has 0 unspecified atom stereocenters. The third kappa shape index (κ3) is 4.04. The first kappa shape index (κ1) is 17.9. The topological polar surface area (TPSA) is 114 Å². The van der Waals surface area contributed by atoms with Crippen LogP contribution in [0.25, 0.3) is 0 Å². The number of anilines is 2. The van der Waals surface area contributed by atoms with Crippen molar-refractivity contribution in [1.82, 2.24) is 0 Å². The van der Waals surface area contributed by atoms with Gasteiger partial charge in [0.25, 0.3) is 17.7 Å². The van der Waals surface area contributed by atoms with E-state index in [2.05, 4.69) is 10.6 Å². The molecular weight excluding hydrogens is 346 g/mol. The van der Waals surface area contributed by atoms with Crippen LogP contribution in [0.4, 0.5) is 11.4 Å². The first-order valence-corrected chi connectivity index (χ1v) is 8.11. The molecule has 0 spiro atoms. The number of para-hydroxylation sites is 1. The zero-order chi connectivity index (χ0) is 19.4. The SMILES string of the molecule is Cc1ccc(C(=O)Nc2ccccc2C(N)=O)cc1NC(=O)c1ccco1. The molecule has 0 aliphatic heterocycles. The van der Waals surface area contributed by atoms with Gasteiger partial charge in [0, 0.05) is 11.3 Å². The van der Waals surface area contributed by atoms with E-state index in [1.54, 1.807) is 48.5 Å². The second-order valence-electron chi connectivity index (χ2n) is 5.83. The first-order valence-electron chi connectivity index (χ1n) is 8.11. The molecular formula is C20H17N3O4. The molecule has 3 rings (SSSR count). The summed E-state index contributed by atoms with van der Waals surface area (Å²) in [6.45, 7) is 1.81. The molecule has 7 nitrogen and oxygen atoms in total. The fourth-order valence-electron chi connectivity index (χ4n) is 2.49. The number of carbonyl (C=O) groups is 3. The lowest BCUT2D eigenvalue weighted by atomic mass is 10.1. The van der Waals surface area contributed by atoms with Gasteiger partial charge in [0.2, 0.25) is 0 Å². The van der Waals surface area contributed by atoms with E-state index in [0.29, 0.717) is 16.9 Å². The van der Waals surface area contributed by atoms with Crippen LogP contribution in [0.15, 0.2) is 65.3 Å². The second-order valence-corrected chi connectivity index (χ2v) is 5.83. The van der Waals surface area contributed by atoms with Crippen LogP contribution < -0.4 is 16.4 Å². The molecule has 0 aliphatic carbocycles. The van der Waals surface area contributed by atoms with E-state index in [9.17, 15) is 14.4 Å². The van der Waals surface area contributed by atoms with E-state index in [0.717, 1.165) is 5.56 Å². The van der Waals surface area contributed by atoms with Crippen LogP contribution in [0.1, 0.15) is 36.8 Å². The van der Waals surface area contributed by atoms with Gasteiger partial charge in [-0.05, 0) is 48.9 Å². The molecule has 1 heterocycles. The van der Waals surface area contributed by atoms with Crippen LogP contribution in [0, 0.1) is 6.92 Å². The highest BCUT2D eigenvalue weighted by molar-refractivity contribution is 6.10. The number of rotatable bonds is 5. The lowest BCUT2D eigenvalue weighted by Gasteiger charge is -2.12. The van der Waals surface area contributed by atoms with Crippen molar-refractivity contribution in [2.24, 2.45) is 5.73 Å². The van der Waals surface area contributed by atoms with Crippen molar-refractivity contribution in [2.45, 2.75) is 6.92 Å². The highest BCUT2D eigenvalue weighted by Gasteiger charge is 2.15. The maximum atomic E-state index is 12.6. The van der Waals surface area contributed by atoms with Crippen LogP contribution in [-0.2, 0) is 0 Å². The standard InChI is InChI=1S/C20H17N3O4/c1-12-8-9-13(11-16(12)23-20(26)17-7-4-10-27-17)19(25)22-15-6-3-2-5-14(15)18(21)24/h2-11H,1H3,(H2,21,24)(H,22,25)(H,23,26). The molecule has 4 N–H and O–H groups in total. The van der Waals surface area contributed by atoms with Crippen LogP contribution in [0.5, 0.6) is 0 Å². The summed E-state index contributed by atoms with van der Waals surface area (Å²) in [7, 11) is 0. The maximum Gasteiger partial charge on any atom is 0.291 e. The number of amides is 3. The fourth-order valence-corrected chi connectivity index (χ4v) is 2.49. The van der Waals surface area contributed by atoms with Crippen molar-refractivity contribution in [3.8, 4) is 0 Å². The zero-order valence-electron chi connectivity index (χ0n) is 14.5. The van der Waals surface area contributed by atoms with E-state index in [4.69, 9.17) is 10.2 Å². The van der Waals surface area contributed by atoms with Crippen molar-refractivity contribution in [3.63, 3.8) is 0 Å². The van der Waals surface area contributed by atoms with Gasteiger partial charge in [0.1, 0.15) is 0 Å². The van der Waals surface area contributed by atoms with Crippen molar-refractivity contribution in [2.75, 3.05) is 10.6 Å². The minimum Gasteiger partial charge on any atom is -0.459 e. The highest BCUT2D eigenvalue weighted by atomic mass is 16.3. The number of nitrogens with one attached hydrogen (secondary N) is 2. The van der Waals surface area contributed by atoms with Gasteiger partial charge in [0.15, 0.2) is 5.76 Å². The van der Waals surface area contributed by atoms with Crippen molar-refractivity contribution in [1.29, 1.82) is 0 Å². The molecule has 27 heavy (non-hydrogen) atoms. The Balaban J connectivity index is 1.82. The summed E-state index contributed by atoms with van der Waals surface area (Å²) in [5, 5.41) is 5.38. The van der Waals surface area contributed by atoms with Gasteiger partial charge in [-0.25, -0.2) is 0 Å². The van der Waals surface area contributed by atoms with Crippen LogP contribution >= 0.6 is 0 Å². The molecule has 7 heteroatoms. The number of nitrogens with two attached hydrogens (primary N) is 1. The molecule has 0 saturated carbocycles. The summed E-state index contributed by atoms with van der Waals surface area (Å²) in [4.78, 5) is 36.2. The third-order valence-corrected chi connectivity index (χ3v) is 3.93. The highest BCUT2D eigenvalue weighted by Crippen LogP contribution is 2.20. The molecule has 0 bridgehead atoms. The van der Waals surface area contributed by atoms with Crippen molar-refractivity contribution in [3.05, 3.63) is 83.3 Å². The van der Waals surface area contributed by atoms with Crippen LogP contribution in [-0.4, -0.2) is 17.7 Å². The maximum absolute atomic E-state index is 12.6. The quantitative estimate of drug-likeness (QED) is 0.646. The number of primary amides is 1. The van der Waals surface area contributed by atoms with E-state index in [-0.39, 0.29) is 11.3 Å². The molecule has 3 amide bonds. The number of benzene rings is 2. The number of hydrogen-bond donors (Lipinski definition) is 3. The summed E-state index contributed by atoms with van der Waals surface area (Å²) in [5.41, 5.74) is 7.43. The van der Waals surface area contributed by atoms with Gasteiger partial charge in [-0.2, -0.15) is 0 Å². The number of furan rings is 1. The first-order chi connectivity index (χ1) is 13.0. The molecule has 0 radical (unpaired) electrons. The Labute approximate surface area is 155 Å². The molecule has 0 atom stereocenters. The van der Waals surface area contributed by atoms with Gasteiger partial charge in [0.05, 0.1) is 17.5 Å². The molecule has 0 saturated heterocycles. The van der Waals surface area contributed by atoms with Crippen LogP contribution in [0.3, 0.4) is 0 Å². The van der Waals surface area contributed by atoms with Crippen molar-refractivity contribution >= 4 is 29.1 Å². The second kappa shape index (κ2) is 7.57. The van der Waals surface area contributed by atoms with Gasteiger partial charge in [-0.1, -0.05) is 18.2 Å². The lowest BCUT2D eigenvalue weighted by molar-refractivity contribution is 0.0989. The van der Waals surface area contributed by atoms with Gasteiger partial charge < -0.3 is 20.8 Å². The van der Waals surface area contributed by atoms with Crippen molar-refractivity contribution < 1.29 is 18.8 Å². The summed E-state index contributed by atoms with van der Waals surface area (Å²) in [6, 6.07) is 14.5. The van der Waals surface area contributed by atoms with Crippen LogP contribution in [0.2, 0.25) is 0 Å². The largest absolute Gasteiger partial charge is 0.459 e. The molecule has 0 fully saturated rings. The Hall–Kier alpha value is -3.87. The molecule has 2 aromatic carbocycles. The fraction of sp³-hybridized carbons (Fsp3) is 0.0500. The van der Waals surface area contributed by atoms with E-state index < -0.39 is 17.7 Å². The van der Waals surface area contributed by atoms with Gasteiger partial charge >= 0.3 is 0 Å². The minimum atomic E-state index is -0.638. The molecule has 0 aliphatic rings. The number of hydrogen-bond acceptors (Lipinski definition) is 4. The molecule has 136 valence electrons. The Bertz CT molecular complexity index is 1010. The molecule has 3 aromatic rings. The summed E-state index contributed by atoms with van der Waals surface area (Å²) in [5.74, 6) is -1.32. The van der Waals surface area contributed by atoms with E-state index in [1.807, 2.05) is 6.92 Å². The minimum absolute atomic E-state index is 0.166. The average Bonchev–Trinajstić information content (AvgIpc) is 3.18. The predicted molar refractivity (Wildman–Crippen MR) is 101 cm³/mol. The predicted octanol–water partition coefficient (Wildman–Crippen LogP) is 3.19. The Morgan fingerprint density at radius 3 is 2.33 bits per heavy atom. The van der Waals surface area contributed by atoms with Gasteiger partial charge in [-0.15, -0.1) is 0 Å². The monoisotopic (exact) mass is 363 g/mol. The smallest absolute Gasteiger partial charge is 0.291 e.